The van der Waals surface area contributed by atoms with Crippen molar-refractivity contribution in [2.24, 2.45) is 0 Å². The minimum absolute atomic E-state index is 0.00900. The molecule has 0 spiro atoms. The topological polar surface area (TPSA) is 58.6 Å². The van der Waals surface area contributed by atoms with Crippen molar-refractivity contribution in [2.75, 3.05) is 13.7 Å². The van der Waals surface area contributed by atoms with Crippen LogP contribution in [-0.2, 0) is 16.1 Å². The molecule has 144 valence electrons. The van der Waals surface area contributed by atoms with Crippen LogP contribution in [0.15, 0.2) is 48.5 Å². The number of amides is 2. The Kier molecular flexibility index (Phi) is 7.61. The Morgan fingerprint density at radius 3 is 2.44 bits per heavy atom. The molecular weight excluding hydrogens is 371 g/mol. The zero-order valence-corrected chi connectivity index (χ0v) is 16.0. The molecule has 0 aromatic heterocycles. The average Bonchev–Trinajstić information content (AvgIpc) is 2.68. The molecule has 0 saturated heterocycles. The van der Waals surface area contributed by atoms with E-state index >= 15 is 0 Å². The number of nitrogens with one attached hydrogen (secondary N) is 1. The third-order valence-electron chi connectivity index (χ3n) is 4.09. The van der Waals surface area contributed by atoms with Gasteiger partial charge in [-0.1, -0.05) is 42.8 Å². The highest BCUT2D eigenvalue weighted by Crippen LogP contribution is 2.18. The third kappa shape index (κ3) is 5.69. The minimum Gasteiger partial charge on any atom is -0.481 e. The number of likely N-dealkylation sites (N-methyl/N-ethyl adjacent to an activating group) is 1. The maximum absolute atomic E-state index is 13.7. The molecule has 1 unspecified atom stereocenters. The van der Waals surface area contributed by atoms with Crippen LogP contribution in [0.3, 0.4) is 0 Å². The first-order chi connectivity index (χ1) is 13.0. The minimum atomic E-state index is -0.664. The predicted octanol–water partition coefficient (Wildman–Crippen LogP) is 3.41. The molecular formula is C20H22ClFN2O3. The molecule has 0 aliphatic rings. The number of halogens is 2. The maximum Gasteiger partial charge on any atom is 0.261 e. The molecule has 7 heteroatoms. The molecule has 1 N–H and O–H groups in total. The third-order valence-corrected chi connectivity index (χ3v) is 4.34. The quantitative estimate of drug-likeness (QED) is 0.749. The summed E-state index contributed by atoms with van der Waals surface area (Å²) < 4.78 is 19.0. The predicted molar refractivity (Wildman–Crippen MR) is 102 cm³/mol. The van der Waals surface area contributed by atoms with Gasteiger partial charge < -0.3 is 15.0 Å². The van der Waals surface area contributed by atoms with Crippen molar-refractivity contribution >= 4 is 23.4 Å². The standard InChI is InChI=1S/C20H22ClFN2O3/c1-3-17(20(26)23-2)24(12-14-8-10-15(21)11-9-14)19(25)13-27-18-7-5-4-6-16(18)22/h4-11,17H,3,12-13H2,1-2H3,(H,23,26). The van der Waals surface area contributed by atoms with E-state index < -0.39 is 17.8 Å². The van der Waals surface area contributed by atoms with E-state index in [4.69, 9.17) is 16.3 Å². The Morgan fingerprint density at radius 2 is 1.85 bits per heavy atom. The molecule has 27 heavy (non-hydrogen) atoms. The second-order valence-corrected chi connectivity index (χ2v) is 6.34. The lowest BCUT2D eigenvalue weighted by Gasteiger charge is -2.30. The van der Waals surface area contributed by atoms with Crippen molar-refractivity contribution in [1.82, 2.24) is 10.2 Å². The monoisotopic (exact) mass is 392 g/mol. The van der Waals surface area contributed by atoms with Crippen LogP contribution in [0.5, 0.6) is 5.75 Å². The van der Waals surface area contributed by atoms with Gasteiger partial charge in [0.05, 0.1) is 0 Å². The van der Waals surface area contributed by atoms with Crippen LogP contribution >= 0.6 is 11.6 Å². The van der Waals surface area contributed by atoms with Crippen molar-refractivity contribution in [3.05, 3.63) is 64.9 Å². The van der Waals surface area contributed by atoms with Crippen molar-refractivity contribution in [3.8, 4) is 5.75 Å². The average molecular weight is 393 g/mol. The van der Waals surface area contributed by atoms with Gasteiger partial charge >= 0.3 is 0 Å². The fourth-order valence-electron chi connectivity index (χ4n) is 2.66. The smallest absolute Gasteiger partial charge is 0.261 e. The molecule has 0 radical (unpaired) electrons. The van der Waals surface area contributed by atoms with Gasteiger partial charge in [0.2, 0.25) is 5.91 Å². The van der Waals surface area contributed by atoms with E-state index in [0.29, 0.717) is 11.4 Å². The number of rotatable bonds is 8. The summed E-state index contributed by atoms with van der Waals surface area (Å²) >= 11 is 5.91. The van der Waals surface area contributed by atoms with Gasteiger partial charge in [0, 0.05) is 18.6 Å². The van der Waals surface area contributed by atoms with Gasteiger partial charge in [-0.25, -0.2) is 4.39 Å². The second kappa shape index (κ2) is 9.92. The summed E-state index contributed by atoms with van der Waals surface area (Å²) in [5.41, 5.74) is 0.820. The molecule has 2 rings (SSSR count). The summed E-state index contributed by atoms with van der Waals surface area (Å²) in [5, 5.41) is 3.16. The van der Waals surface area contributed by atoms with E-state index in [1.165, 1.54) is 30.1 Å². The molecule has 0 fully saturated rings. The van der Waals surface area contributed by atoms with Crippen LogP contribution in [0, 0.1) is 5.82 Å². The summed E-state index contributed by atoms with van der Waals surface area (Å²) in [6, 6.07) is 12.2. The molecule has 0 aliphatic heterocycles. The number of para-hydroxylation sites is 1. The van der Waals surface area contributed by atoms with Crippen molar-refractivity contribution < 1.29 is 18.7 Å². The van der Waals surface area contributed by atoms with Gasteiger partial charge in [0.15, 0.2) is 18.2 Å². The lowest BCUT2D eigenvalue weighted by atomic mass is 10.1. The number of hydrogen-bond acceptors (Lipinski definition) is 3. The molecule has 2 aromatic rings. The molecule has 0 bridgehead atoms. The lowest BCUT2D eigenvalue weighted by Crippen LogP contribution is -2.49. The fraction of sp³-hybridized carbons (Fsp3) is 0.300. The first-order valence-corrected chi connectivity index (χ1v) is 8.96. The fourth-order valence-corrected chi connectivity index (χ4v) is 2.78. The van der Waals surface area contributed by atoms with Gasteiger partial charge in [-0.05, 0) is 36.2 Å². The Balaban J connectivity index is 2.19. The van der Waals surface area contributed by atoms with E-state index in [-0.39, 0.29) is 24.8 Å². The van der Waals surface area contributed by atoms with Crippen LogP contribution in [0.25, 0.3) is 0 Å². The summed E-state index contributed by atoms with van der Waals surface area (Å²) in [4.78, 5) is 26.5. The molecule has 2 aromatic carbocycles. The first kappa shape index (κ1) is 20.7. The summed E-state index contributed by atoms with van der Waals surface area (Å²) in [5.74, 6) is -1.24. The number of ether oxygens (including phenoxy) is 1. The Hall–Kier alpha value is -2.60. The Morgan fingerprint density at radius 1 is 1.19 bits per heavy atom. The van der Waals surface area contributed by atoms with Crippen LogP contribution in [-0.4, -0.2) is 36.4 Å². The van der Waals surface area contributed by atoms with Crippen molar-refractivity contribution in [3.63, 3.8) is 0 Å². The van der Waals surface area contributed by atoms with Gasteiger partial charge in [-0.2, -0.15) is 0 Å². The van der Waals surface area contributed by atoms with Gasteiger partial charge in [0.1, 0.15) is 6.04 Å². The van der Waals surface area contributed by atoms with E-state index in [1.807, 2.05) is 6.92 Å². The van der Waals surface area contributed by atoms with Crippen LogP contribution < -0.4 is 10.1 Å². The maximum atomic E-state index is 13.7. The van der Waals surface area contributed by atoms with Gasteiger partial charge in [-0.15, -0.1) is 0 Å². The molecule has 1 atom stereocenters. The number of benzene rings is 2. The van der Waals surface area contributed by atoms with E-state index in [2.05, 4.69) is 5.32 Å². The summed E-state index contributed by atoms with van der Waals surface area (Å²) in [6.45, 7) is 1.66. The van der Waals surface area contributed by atoms with E-state index in [1.54, 1.807) is 30.3 Å². The number of carbonyl (C=O) groups is 2. The summed E-state index contributed by atoms with van der Waals surface area (Å²) in [6.07, 6.45) is 0.429. The molecule has 0 saturated carbocycles. The van der Waals surface area contributed by atoms with Crippen LogP contribution in [0.2, 0.25) is 5.02 Å². The van der Waals surface area contributed by atoms with Crippen LogP contribution in [0.4, 0.5) is 4.39 Å². The Labute approximate surface area is 163 Å². The zero-order valence-electron chi connectivity index (χ0n) is 15.2. The van der Waals surface area contributed by atoms with Crippen molar-refractivity contribution in [1.29, 1.82) is 0 Å². The van der Waals surface area contributed by atoms with Gasteiger partial charge in [-0.3, -0.25) is 9.59 Å². The molecule has 0 heterocycles. The highest BCUT2D eigenvalue weighted by molar-refractivity contribution is 6.30. The highest BCUT2D eigenvalue weighted by Gasteiger charge is 2.28. The second-order valence-electron chi connectivity index (χ2n) is 5.91. The van der Waals surface area contributed by atoms with E-state index in [0.717, 1.165) is 5.56 Å². The number of nitrogens with zero attached hydrogens (tertiary/aromatic N) is 1. The normalized spacial score (nSPS) is 11.6. The first-order valence-electron chi connectivity index (χ1n) is 8.59. The SMILES string of the molecule is CCC(C(=O)NC)N(Cc1ccc(Cl)cc1)C(=O)COc1ccccc1F. The Bertz CT molecular complexity index is 783. The molecule has 0 aliphatic carbocycles. The van der Waals surface area contributed by atoms with Crippen LogP contribution in [0.1, 0.15) is 18.9 Å². The lowest BCUT2D eigenvalue weighted by molar-refractivity contribution is -0.142. The summed E-state index contributed by atoms with van der Waals surface area (Å²) in [7, 11) is 1.52. The highest BCUT2D eigenvalue weighted by atomic mass is 35.5. The van der Waals surface area contributed by atoms with Crippen molar-refractivity contribution in [2.45, 2.75) is 25.9 Å². The zero-order chi connectivity index (χ0) is 19.8. The van der Waals surface area contributed by atoms with Gasteiger partial charge in [0.25, 0.3) is 5.91 Å². The number of carbonyl (C=O) groups excluding carboxylic acids is 2. The largest absolute Gasteiger partial charge is 0.481 e. The number of hydrogen-bond donors (Lipinski definition) is 1. The van der Waals surface area contributed by atoms with E-state index in [9.17, 15) is 14.0 Å². The molecule has 2 amide bonds. The molecule has 5 nitrogen and oxygen atoms in total.